The Kier molecular flexibility index (Phi) is 7.71. The zero-order valence-corrected chi connectivity index (χ0v) is 20.5. The van der Waals surface area contributed by atoms with Gasteiger partial charge in [-0.3, -0.25) is 13.9 Å². The van der Waals surface area contributed by atoms with Crippen molar-refractivity contribution in [2.24, 2.45) is 0 Å². The minimum atomic E-state index is -4.01. The van der Waals surface area contributed by atoms with Crippen molar-refractivity contribution in [2.75, 3.05) is 17.5 Å². The number of H-pyrrole nitrogens is 1. The van der Waals surface area contributed by atoms with Gasteiger partial charge in [-0.2, -0.15) is 0 Å². The van der Waals surface area contributed by atoms with Gasteiger partial charge in [-0.15, -0.1) is 6.58 Å². The molecule has 0 amide bonds. The number of nitrogens with one attached hydrogen (secondary N) is 1. The van der Waals surface area contributed by atoms with Gasteiger partial charge in [0.1, 0.15) is 0 Å². The summed E-state index contributed by atoms with van der Waals surface area (Å²) in [7, 11) is -4.01. The number of carbonyl (C=O) groups excluding carboxylic acids is 3. The van der Waals surface area contributed by atoms with Gasteiger partial charge >= 0.3 is 5.97 Å². The average Bonchev–Trinajstić information content (AvgIpc) is 3.15. The maximum absolute atomic E-state index is 13.3. The number of ether oxygens (including phenoxy) is 1. The van der Waals surface area contributed by atoms with Crippen LogP contribution in [0.4, 0.5) is 5.69 Å². The van der Waals surface area contributed by atoms with Crippen LogP contribution in [0.1, 0.15) is 49.4 Å². The lowest BCUT2D eigenvalue weighted by Crippen LogP contribution is -2.31. The first-order valence-electron chi connectivity index (χ1n) is 10.8. The maximum atomic E-state index is 13.3. The minimum absolute atomic E-state index is 0.0192. The SMILES string of the molecule is C=CCN(c1ccccc1)S(=O)(=O)c1cccc(C(=O)OCC(=O)c2[nH]c(C)c(C(C)=O)c2C)c1. The molecule has 3 rings (SSSR count). The molecule has 0 radical (unpaired) electrons. The lowest BCUT2D eigenvalue weighted by molar-refractivity contribution is 0.0473. The Morgan fingerprint density at radius 3 is 2.34 bits per heavy atom. The smallest absolute Gasteiger partial charge is 0.338 e. The number of ketones is 2. The molecule has 0 aliphatic rings. The quantitative estimate of drug-likeness (QED) is 0.256. The standard InChI is InChI=1S/C26H26N2O6S/c1-5-14-28(21-11-7-6-8-12-21)35(32,33)22-13-9-10-20(15-22)26(31)34-16-23(30)25-17(2)24(19(4)29)18(3)27-25/h5-13,15,27H,1,14,16H2,2-4H3. The van der Waals surface area contributed by atoms with E-state index >= 15 is 0 Å². The number of aromatic amines is 1. The van der Waals surface area contributed by atoms with Gasteiger partial charge < -0.3 is 9.72 Å². The van der Waals surface area contributed by atoms with E-state index in [2.05, 4.69) is 11.6 Å². The Hall–Kier alpha value is -3.98. The summed E-state index contributed by atoms with van der Waals surface area (Å²) in [6, 6.07) is 14.0. The van der Waals surface area contributed by atoms with Crippen molar-refractivity contribution in [1.29, 1.82) is 0 Å². The van der Waals surface area contributed by atoms with Gasteiger partial charge in [0.15, 0.2) is 12.4 Å². The van der Waals surface area contributed by atoms with E-state index in [0.717, 1.165) is 0 Å². The molecule has 1 aromatic heterocycles. The van der Waals surface area contributed by atoms with Crippen molar-refractivity contribution in [1.82, 2.24) is 4.98 Å². The molecule has 8 nitrogen and oxygen atoms in total. The van der Waals surface area contributed by atoms with Crippen LogP contribution in [0.15, 0.2) is 72.1 Å². The molecule has 0 bridgehead atoms. The Balaban J connectivity index is 1.80. The van der Waals surface area contributed by atoms with E-state index < -0.39 is 28.4 Å². The largest absolute Gasteiger partial charge is 0.454 e. The van der Waals surface area contributed by atoms with E-state index in [-0.39, 0.29) is 28.5 Å². The van der Waals surface area contributed by atoms with Crippen LogP contribution in [0.25, 0.3) is 0 Å². The predicted molar refractivity (Wildman–Crippen MR) is 132 cm³/mol. The fourth-order valence-electron chi connectivity index (χ4n) is 3.81. The lowest BCUT2D eigenvalue weighted by Gasteiger charge is -2.23. The first kappa shape index (κ1) is 25.6. The summed E-state index contributed by atoms with van der Waals surface area (Å²) in [5, 5.41) is 0. The van der Waals surface area contributed by atoms with Crippen LogP contribution in [0.2, 0.25) is 0 Å². The molecule has 0 atom stereocenters. The average molecular weight is 495 g/mol. The number of rotatable bonds is 10. The molecule has 0 unspecified atom stereocenters. The van der Waals surface area contributed by atoms with E-state index in [4.69, 9.17) is 4.74 Å². The number of Topliss-reactive ketones (excluding diaryl/α,β-unsaturated/α-hetero) is 2. The number of para-hydroxylation sites is 1. The lowest BCUT2D eigenvalue weighted by atomic mass is 10.1. The van der Waals surface area contributed by atoms with Crippen molar-refractivity contribution >= 4 is 33.2 Å². The van der Waals surface area contributed by atoms with Crippen LogP contribution >= 0.6 is 0 Å². The molecule has 0 aliphatic carbocycles. The monoisotopic (exact) mass is 494 g/mol. The molecular formula is C26H26N2O6S. The highest BCUT2D eigenvalue weighted by Gasteiger charge is 2.26. The second-order valence-electron chi connectivity index (χ2n) is 7.87. The topological polar surface area (TPSA) is 114 Å². The summed E-state index contributed by atoms with van der Waals surface area (Å²) in [6.07, 6.45) is 1.47. The third kappa shape index (κ3) is 5.41. The number of nitrogens with zero attached hydrogens (tertiary/aromatic N) is 1. The van der Waals surface area contributed by atoms with Crippen molar-refractivity contribution < 1.29 is 27.5 Å². The molecule has 182 valence electrons. The van der Waals surface area contributed by atoms with Gasteiger partial charge in [-0.25, -0.2) is 13.2 Å². The number of sulfonamides is 1. The molecule has 0 aliphatic heterocycles. The van der Waals surface area contributed by atoms with Crippen molar-refractivity contribution in [2.45, 2.75) is 25.7 Å². The van der Waals surface area contributed by atoms with Gasteiger partial charge in [0.2, 0.25) is 5.78 Å². The maximum Gasteiger partial charge on any atom is 0.338 e. The van der Waals surface area contributed by atoms with Gasteiger partial charge in [0, 0.05) is 11.3 Å². The van der Waals surface area contributed by atoms with Crippen molar-refractivity contribution in [3.63, 3.8) is 0 Å². The molecule has 0 spiro atoms. The third-order valence-corrected chi connectivity index (χ3v) is 7.19. The fourth-order valence-corrected chi connectivity index (χ4v) is 5.29. The van der Waals surface area contributed by atoms with E-state index in [1.165, 1.54) is 41.6 Å². The number of aryl methyl sites for hydroxylation is 1. The van der Waals surface area contributed by atoms with Gasteiger partial charge in [0.05, 0.1) is 28.4 Å². The number of hydrogen-bond acceptors (Lipinski definition) is 6. The van der Waals surface area contributed by atoms with Crippen LogP contribution in [0.3, 0.4) is 0 Å². The first-order chi connectivity index (χ1) is 16.6. The molecular weight excluding hydrogens is 468 g/mol. The van der Waals surface area contributed by atoms with Crippen molar-refractivity contribution in [3.05, 3.63) is 95.3 Å². The minimum Gasteiger partial charge on any atom is -0.454 e. The summed E-state index contributed by atoms with van der Waals surface area (Å²) in [6.45, 7) is 7.84. The van der Waals surface area contributed by atoms with Crippen LogP contribution < -0.4 is 4.31 Å². The number of aromatic nitrogens is 1. The van der Waals surface area contributed by atoms with Gasteiger partial charge in [-0.1, -0.05) is 30.3 Å². The number of benzene rings is 2. The Morgan fingerprint density at radius 1 is 1.06 bits per heavy atom. The first-order valence-corrected chi connectivity index (χ1v) is 12.2. The van der Waals surface area contributed by atoms with Crippen LogP contribution in [0, 0.1) is 13.8 Å². The molecule has 0 saturated carbocycles. The highest BCUT2D eigenvalue weighted by Crippen LogP contribution is 2.24. The molecule has 0 saturated heterocycles. The van der Waals surface area contributed by atoms with Crippen LogP contribution in [0.5, 0.6) is 0 Å². The highest BCUT2D eigenvalue weighted by atomic mass is 32.2. The molecule has 1 heterocycles. The number of anilines is 1. The zero-order chi connectivity index (χ0) is 25.8. The molecule has 3 aromatic rings. The zero-order valence-electron chi connectivity index (χ0n) is 19.7. The van der Waals surface area contributed by atoms with E-state index in [9.17, 15) is 22.8 Å². The molecule has 9 heteroatoms. The van der Waals surface area contributed by atoms with Crippen molar-refractivity contribution in [3.8, 4) is 0 Å². The fraction of sp³-hybridized carbons (Fsp3) is 0.192. The summed E-state index contributed by atoms with van der Waals surface area (Å²) in [5.41, 5.74) is 2.11. The van der Waals surface area contributed by atoms with E-state index in [1.54, 1.807) is 44.2 Å². The van der Waals surface area contributed by atoms with E-state index in [0.29, 0.717) is 22.5 Å². The third-order valence-electron chi connectivity index (χ3n) is 5.40. The normalized spacial score (nSPS) is 11.1. The second kappa shape index (κ2) is 10.5. The number of hydrogen-bond donors (Lipinski definition) is 1. The predicted octanol–water partition coefficient (Wildman–Crippen LogP) is 4.26. The van der Waals surface area contributed by atoms with Crippen LogP contribution in [-0.2, 0) is 14.8 Å². The summed E-state index contributed by atoms with van der Waals surface area (Å²) < 4.78 is 33.0. The number of esters is 1. The summed E-state index contributed by atoms with van der Waals surface area (Å²) in [5.74, 6) is -1.53. The summed E-state index contributed by atoms with van der Waals surface area (Å²) >= 11 is 0. The molecule has 1 N–H and O–H groups in total. The molecule has 2 aromatic carbocycles. The highest BCUT2D eigenvalue weighted by molar-refractivity contribution is 7.92. The Morgan fingerprint density at radius 2 is 1.74 bits per heavy atom. The van der Waals surface area contributed by atoms with Gasteiger partial charge in [0.25, 0.3) is 10.0 Å². The Labute approximate surface area is 204 Å². The Bertz CT molecular complexity index is 1390. The second-order valence-corrected chi connectivity index (χ2v) is 9.73. The van der Waals surface area contributed by atoms with E-state index in [1.807, 2.05) is 0 Å². The summed E-state index contributed by atoms with van der Waals surface area (Å²) in [4.78, 5) is 39.8. The number of carbonyl (C=O) groups is 3. The van der Waals surface area contributed by atoms with Crippen LogP contribution in [-0.4, -0.2) is 44.1 Å². The molecule has 0 fully saturated rings. The van der Waals surface area contributed by atoms with Gasteiger partial charge in [-0.05, 0) is 56.7 Å². The molecule has 35 heavy (non-hydrogen) atoms.